The Bertz CT molecular complexity index is 928. The summed E-state index contributed by atoms with van der Waals surface area (Å²) in [4.78, 5) is 4.78. The first-order valence-corrected chi connectivity index (χ1v) is 11.0. The summed E-state index contributed by atoms with van der Waals surface area (Å²) >= 11 is 6.11. The summed E-state index contributed by atoms with van der Waals surface area (Å²) < 4.78 is 0. The molecule has 1 aliphatic heterocycles. The molecule has 4 nitrogen and oxygen atoms in total. The third-order valence-electron chi connectivity index (χ3n) is 5.72. The standard InChI is InChI=1S/C25H33ClN4/c1-6-29-30(16-23-19(3)14-18(2)15-28-23)17-24-22(8-7-13-27-24)25(4,5)20-9-11-21(26)12-10-20/h7-14,28-29H,6,15-17H2,1-5H3. The number of hydrazine groups is 1. The minimum atomic E-state index is -0.176. The lowest BCUT2D eigenvalue weighted by atomic mass is 9.77. The van der Waals surface area contributed by atoms with Gasteiger partial charge in [-0.3, -0.25) is 10.4 Å². The number of hydrogen-bond acceptors (Lipinski definition) is 4. The van der Waals surface area contributed by atoms with E-state index in [-0.39, 0.29) is 5.41 Å². The van der Waals surface area contributed by atoms with Gasteiger partial charge in [0.25, 0.3) is 0 Å². The van der Waals surface area contributed by atoms with Crippen molar-refractivity contribution in [1.29, 1.82) is 0 Å². The van der Waals surface area contributed by atoms with Crippen molar-refractivity contribution in [1.82, 2.24) is 20.7 Å². The van der Waals surface area contributed by atoms with Crippen molar-refractivity contribution >= 4 is 11.6 Å². The quantitative estimate of drug-likeness (QED) is 0.570. The van der Waals surface area contributed by atoms with Crippen molar-refractivity contribution in [3.63, 3.8) is 0 Å². The first-order chi connectivity index (χ1) is 14.3. The molecule has 0 bridgehead atoms. The highest BCUT2D eigenvalue weighted by atomic mass is 35.5. The second kappa shape index (κ2) is 9.78. The Hall–Kier alpha value is -2.14. The van der Waals surface area contributed by atoms with E-state index in [9.17, 15) is 0 Å². The molecule has 2 heterocycles. The van der Waals surface area contributed by atoms with Gasteiger partial charge in [-0.15, -0.1) is 0 Å². The lowest BCUT2D eigenvalue weighted by Gasteiger charge is -2.31. The number of rotatable bonds is 8. The highest BCUT2D eigenvalue weighted by Crippen LogP contribution is 2.34. The molecular formula is C25H33ClN4. The summed E-state index contributed by atoms with van der Waals surface area (Å²) in [5.41, 5.74) is 10.8. The zero-order valence-electron chi connectivity index (χ0n) is 18.7. The average molecular weight is 425 g/mol. The molecule has 0 spiro atoms. The molecule has 1 aromatic carbocycles. The van der Waals surface area contributed by atoms with Gasteiger partial charge in [0.2, 0.25) is 0 Å². The zero-order valence-corrected chi connectivity index (χ0v) is 19.5. The Morgan fingerprint density at radius 2 is 1.87 bits per heavy atom. The van der Waals surface area contributed by atoms with Gasteiger partial charge in [0, 0.05) is 35.4 Å². The molecule has 1 aromatic heterocycles. The maximum absolute atomic E-state index is 6.11. The summed E-state index contributed by atoms with van der Waals surface area (Å²) in [6, 6.07) is 12.3. The fourth-order valence-electron chi connectivity index (χ4n) is 3.99. The molecule has 1 aliphatic rings. The minimum Gasteiger partial charge on any atom is -0.383 e. The maximum Gasteiger partial charge on any atom is 0.0599 e. The normalized spacial score (nSPS) is 14.7. The van der Waals surface area contributed by atoms with Crippen LogP contribution >= 0.6 is 11.6 Å². The van der Waals surface area contributed by atoms with Crippen LogP contribution in [0.5, 0.6) is 0 Å². The highest BCUT2D eigenvalue weighted by Gasteiger charge is 2.27. The van der Waals surface area contributed by atoms with Gasteiger partial charge >= 0.3 is 0 Å². The van der Waals surface area contributed by atoms with Crippen LogP contribution in [0.15, 0.2) is 65.5 Å². The molecule has 0 saturated carbocycles. The van der Waals surface area contributed by atoms with Gasteiger partial charge in [-0.2, -0.15) is 0 Å². The Morgan fingerprint density at radius 3 is 2.53 bits per heavy atom. The van der Waals surface area contributed by atoms with Gasteiger partial charge in [0.1, 0.15) is 0 Å². The van der Waals surface area contributed by atoms with Crippen LogP contribution in [-0.2, 0) is 12.0 Å². The highest BCUT2D eigenvalue weighted by molar-refractivity contribution is 6.30. The third-order valence-corrected chi connectivity index (χ3v) is 5.97. The van der Waals surface area contributed by atoms with Gasteiger partial charge < -0.3 is 5.32 Å². The van der Waals surface area contributed by atoms with Crippen molar-refractivity contribution in [2.45, 2.75) is 46.6 Å². The second-order valence-electron chi connectivity index (χ2n) is 8.50. The first-order valence-electron chi connectivity index (χ1n) is 10.6. The van der Waals surface area contributed by atoms with E-state index >= 15 is 0 Å². The van der Waals surface area contributed by atoms with Crippen LogP contribution in [0.2, 0.25) is 5.02 Å². The molecule has 0 amide bonds. The molecule has 160 valence electrons. The molecule has 0 unspecified atom stereocenters. The smallest absolute Gasteiger partial charge is 0.0599 e. The summed E-state index contributed by atoms with van der Waals surface area (Å²) in [5, 5.41) is 6.58. The van der Waals surface area contributed by atoms with Gasteiger partial charge in [-0.1, -0.05) is 62.2 Å². The number of nitrogens with zero attached hydrogens (tertiary/aromatic N) is 2. The van der Waals surface area contributed by atoms with E-state index in [1.807, 2.05) is 24.4 Å². The lowest BCUT2D eigenvalue weighted by Crippen LogP contribution is -2.42. The molecule has 0 radical (unpaired) electrons. The van der Waals surface area contributed by atoms with Gasteiger partial charge in [-0.25, -0.2) is 5.01 Å². The first kappa shape index (κ1) is 22.5. The summed E-state index contributed by atoms with van der Waals surface area (Å²) in [6.07, 6.45) is 4.15. The fraction of sp³-hybridized carbons (Fsp3) is 0.400. The zero-order chi connectivity index (χ0) is 21.7. The van der Waals surface area contributed by atoms with Crippen LogP contribution in [0.25, 0.3) is 0 Å². The monoisotopic (exact) mass is 424 g/mol. The number of benzene rings is 1. The Balaban J connectivity index is 1.88. The van der Waals surface area contributed by atoms with Gasteiger partial charge in [0.15, 0.2) is 0 Å². The van der Waals surface area contributed by atoms with E-state index in [4.69, 9.17) is 16.6 Å². The second-order valence-corrected chi connectivity index (χ2v) is 8.94. The predicted molar refractivity (Wildman–Crippen MR) is 126 cm³/mol. The molecule has 0 saturated heterocycles. The lowest BCUT2D eigenvalue weighted by molar-refractivity contribution is 0.193. The number of dihydropyridines is 1. The maximum atomic E-state index is 6.11. The molecule has 0 aliphatic carbocycles. The number of pyridine rings is 1. The minimum absolute atomic E-state index is 0.176. The van der Waals surface area contributed by atoms with E-state index in [2.05, 4.69) is 74.6 Å². The van der Waals surface area contributed by atoms with Crippen LogP contribution in [0, 0.1) is 0 Å². The van der Waals surface area contributed by atoms with Crippen molar-refractivity contribution in [3.05, 3.63) is 87.4 Å². The van der Waals surface area contributed by atoms with Crippen molar-refractivity contribution in [2.24, 2.45) is 0 Å². The molecular weight excluding hydrogens is 392 g/mol. The predicted octanol–water partition coefficient (Wildman–Crippen LogP) is 5.21. The van der Waals surface area contributed by atoms with E-state index in [1.165, 1.54) is 28.0 Å². The molecule has 30 heavy (non-hydrogen) atoms. The van der Waals surface area contributed by atoms with Crippen LogP contribution in [0.1, 0.15) is 51.4 Å². The SMILES string of the molecule is CCNN(CC1=C(C)C=C(C)CN1)Cc1ncccc1C(C)(C)c1ccc(Cl)cc1. The van der Waals surface area contributed by atoms with Gasteiger partial charge in [0.05, 0.1) is 18.8 Å². The topological polar surface area (TPSA) is 40.2 Å². The number of halogens is 1. The Morgan fingerprint density at radius 1 is 1.13 bits per heavy atom. The number of allylic oxidation sites excluding steroid dienone is 2. The van der Waals surface area contributed by atoms with Gasteiger partial charge in [-0.05, 0) is 48.7 Å². The molecule has 0 atom stereocenters. The van der Waals surface area contributed by atoms with Crippen LogP contribution in [0.3, 0.4) is 0 Å². The largest absolute Gasteiger partial charge is 0.383 e. The number of nitrogens with one attached hydrogen (secondary N) is 2. The Labute approximate surface area is 186 Å². The summed E-state index contributed by atoms with van der Waals surface area (Å²) in [7, 11) is 0. The van der Waals surface area contributed by atoms with Crippen LogP contribution < -0.4 is 10.7 Å². The fourth-order valence-corrected chi connectivity index (χ4v) is 4.12. The number of aromatic nitrogens is 1. The summed E-state index contributed by atoms with van der Waals surface area (Å²) in [5.74, 6) is 0. The third kappa shape index (κ3) is 5.31. The molecule has 0 fully saturated rings. The number of hydrogen-bond donors (Lipinski definition) is 2. The van der Waals surface area contributed by atoms with E-state index in [0.29, 0.717) is 0 Å². The van der Waals surface area contributed by atoms with Crippen molar-refractivity contribution < 1.29 is 0 Å². The average Bonchev–Trinajstić information content (AvgIpc) is 2.71. The van der Waals surface area contributed by atoms with Crippen LogP contribution in [0.4, 0.5) is 0 Å². The summed E-state index contributed by atoms with van der Waals surface area (Å²) in [6.45, 7) is 14.3. The molecule has 2 aromatic rings. The van der Waals surface area contributed by atoms with Crippen molar-refractivity contribution in [3.8, 4) is 0 Å². The Kier molecular flexibility index (Phi) is 7.35. The molecule has 5 heteroatoms. The van der Waals surface area contributed by atoms with E-state index in [1.54, 1.807) is 0 Å². The molecule has 3 rings (SSSR count). The van der Waals surface area contributed by atoms with Crippen LogP contribution in [-0.4, -0.2) is 29.6 Å². The van der Waals surface area contributed by atoms with Crippen molar-refractivity contribution in [2.75, 3.05) is 19.6 Å². The van der Waals surface area contributed by atoms with E-state index in [0.717, 1.165) is 36.9 Å². The van der Waals surface area contributed by atoms with E-state index < -0.39 is 0 Å². The molecule has 2 N–H and O–H groups in total.